The van der Waals surface area contributed by atoms with E-state index in [-0.39, 0.29) is 18.3 Å². The predicted octanol–water partition coefficient (Wildman–Crippen LogP) is 2.67. The summed E-state index contributed by atoms with van der Waals surface area (Å²) in [4.78, 5) is 14.7. The average molecular weight is 313 g/mol. The molecule has 2 fully saturated rings. The average Bonchev–Trinajstić information content (AvgIpc) is 3.03. The molecule has 3 heterocycles. The Morgan fingerprint density at radius 1 is 1.25 bits per heavy atom. The molecule has 2 bridgehead atoms. The van der Waals surface area contributed by atoms with E-state index < -0.39 is 0 Å². The first-order chi connectivity index (χ1) is 9.28. The van der Waals surface area contributed by atoms with Crippen molar-refractivity contribution in [2.75, 3.05) is 0 Å². The van der Waals surface area contributed by atoms with Crippen LogP contribution in [-0.2, 0) is 12.8 Å². The number of carbonyl (C=O) groups excluding carboxylic acids is 1. The molecule has 0 saturated carbocycles. The van der Waals surface area contributed by atoms with Crippen LogP contribution in [0.15, 0.2) is 6.07 Å². The first kappa shape index (κ1) is 14.4. The fraction of sp³-hybridized carbons (Fsp3) is 0.667. The number of amides is 1. The number of nitrogens with one attached hydrogen (secondary N) is 2. The van der Waals surface area contributed by atoms with Crippen LogP contribution in [0, 0.1) is 0 Å². The third-order valence-corrected chi connectivity index (χ3v) is 6.01. The number of thiophene rings is 1. The minimum absolute atomic E-state index is 0. The van der Waals surface area contributed by atoms with Gasteiger partial charge in [-0.1, -0.05) is 0 Å². The summed E-state index contributed by atoms with van der Waals surface area (Å²) in [5, 5.41) is 6.87. The van der Waals surface area contributed by atoms with Gasteiger partial charge in [-0.15, -0.1) is 23.7 Å². The number of rotatable bonds is 2. The number of fused-ring (bicyclic) bond motifs is 3. The number of hydrogen-bond donors (Lipinski definition) is 2. The van der Waals surface area contributed by atoms with E-state index in [4.69, 9.17) is 0 Å². The van der Waals surface area contributed by atoms with Gasteiger partial charge in [0.05, 0.1) is 4.88 Å². The number of carbonyl (C=O) groups is 1. The lowest BCUT2D eigenvalue weighted by molar-refractivity contribution is 0.0928. The number of hydrogen-bond acceptors (Lipinski definition) is 3. The normalized spacial score (nSPS) is 30.7. The lowest BCUT2D eigenvalue weighted by atomic mass is 10.00. The highest BCUT2D eigenvalue weighted by atomic mass is 35.5. The third-order valence-electron chi connectivity index (χ3n) is 4.78. The standard InChI is InChI=1S/C15H20N2OS.ClH/c18-15(14-6-9-2-1-3-13(9)19-14)17-12-7-10-4-5-11(8-12)16-10;/h6,10-12,16H,1-5,7-8H2,(H,17,18);1H. The van der Waals surface area contributed by atoms with Gasteiger partial charge in [0, 0.05) is 23.0 Å². The van der Waals surface area contributed by atoms with Crippen LogP contribution < -0.4 is 10.6 Å². The van der Waals surface area contributed by atoms with Crippen molar-refractivity contribution >= 4 is 29.7 Å². The van der Waals surface area contributed by atoms with Crippen molar-refractivity contribution in [2.24, 2.45) is 0 Å². The lowest BCUT2D eigenvalue weighted by Gasteiger charge is -2.29. The van der Waals surface area contributed by atoms with Crippen molar-refractivity contribution in [3.63, 3.8) is 0 Å². The van der Waals surface area contributed by atoms with Gasteiger partial charge in [0.15, 0.2) is 0 Å². The summed E-state index contributed by atoms with van der Waals surface area (Å²) in [6, 6.07) is 3.77. The van der Waals surface area contributed by atoms with Crippen molar-refractivity contribution in [3.8, 4) is 0 Å². The molecule has 0 spiro atoms. The Morgan fingerprint density at radius 2 is 2.00 bits per heavy atom. The van der Waals surface area contributed by atoms with E-state index >= 15 is 0 Å². The highest BCUT2D eigenvalue weighted by Gasteiger charge is 2.34. The Morgan fingerprint density at radius 3 is 2.70 bits per heavy atom. The molecule has 5 heteroatoms. The molecular weight excluding hydrogens is 292 g/mol. The minimum Gasteiger partial charge on any atom is -0.348 e. The van der Waals surface area contributed by atoms with E-state index in [2.05, 4.69) is 16.7 Å². The summed E-state index contributed by atoms with van der Waals surface area (Å²) in [6.45, 7) is 0. The molecule has 2 atom stereocenters. The van der Waals surface area contributed by atoms with Gasteiger partial charge in [-0.25, -0.2) is 0 Å². The SMILES string of the molecule is Cl.O=C(NC1CC2CCC(C1)N2)c1cc2c(s1)CCC2. The van der Waals surface area contributed by atoms with Crippen molar-refractivity contribution in [1.29, 1.82) is 0 Å². The second-order valence-corrected chi connectivity index (χ2v) is 7.33. The maximum Gasteiger partial charge on any atom is 0.261 e. The molecule has 4 rings (SSSR count). The van der Waals surface area contributed by atoms with E-state index in [9.17, 15) is 4.79 Å². The van der Waals surface area contributed by atoms with Crippen molar-refractivity contribution < 1.29 is 4.79 Å². The summed E-state index contributed by atoms with van der Waals surface area (Å²) in [7, 11) is 0. The Kier molecular flexibility index (Phi) is 4.07. The fourth-order valence-electron chi connectivity index (χ4n) is 3.87. The smallest absolute Gasteiger partial charge is 0.261 e. The van der Waals surface area contributed by atoms with Crippen molar-refractivity contribution in [2.45, 2.75) is 63.1 Å². The van der Waals surface area contributed by atoms with E-state index in [0.717, 1.165) is 24.1 Å². The molecule has 1 aromatic rings. The second kappa shape index (κ2) is 5.66. The number of aryl methyl sites for hydroxylation is 2. The zero-order chi connectivity index (χ0) is 12.8. The van der Waals surface area contributed by atoms with Gasteiger partial charge in [0.1, 0.15) is 0 Å². The van der Waals surface area contributed by atoms with Crippen LogP contribution >= 0.6 is 23.7 Å². The van der Waals surface area contributed by atoms with E-state index in [1.54, 1.807) is 11.3 Å². The molecule has 1 amide bonds. The van der Waals surface area contributed by atoms with Crippen LogP contribution in [0.4, 0.5) is 0 Å². The number of halogens is 1. The molecule has 2 N–H and O–H groups in total. The minimum atomic E-state index is 0. The van der Waals surface area contributed by atoms with Gasteiger partial charge >= 0.3 is 0 Å². The molecule has 2 aliphatic heterocycles. The van der Waals surface area contributed by atoms with Crippen molar-refractivity contribution in [3.05, 3.63) is 21.4 Å². The Labute approximate surface area is 129 Å². The molecule has 0 radical (unpaired) electrons. The molecule has 110 valence electrons. The Hall–Kier alpha value is -0.580. The summed E-state index contributed by atoms with van der Waals surface area (Å²) >= 11 is 1.71. The molecule has 1 aliphatic carbocycles. The lowest BCUT2D eigenvalue weighted by Crippen LogP contribution is -2.47. The van der Waals surface area contributed by atoms with E-state index in [1.807, 2.05) is 0 Å². The zero-order valence-corrected chi connectivity index (χ0v) is 13.1. The van der Waals surface area contributed by atoms with E-state index in [0.29, 0.717) is 18.1 Å². The van der Waals surface area contributed by atoms with Crippen LogP contribution in [0.3, 0.4) is 0 Å². The van der Waals surface area contributed by atoms with Crippen LogP contribution in [0.25, 0.3) is 0 Å². The highest BCUT2D eigenvalue weighted by molar-refractivity contribution is 7.14. The summed E-state index contributed by atoms with van der Waals surface area (Å²) in [6.07, 6.45) is 8.37. The summed E-state index contributed by atoms with van der Waals surface area (Å²) in [5.41, 5.74) is 1.42. The maximum absolute atomic E-state index is 12.3. The fourth-order valence-corrected chi connectivity index (χ4v) is 5.03. The molecule has 0 aromatic carbocycles. The maximum atomic E-state index is 12.3. The van der Waals surface area contributed by atoms with Gasteiger partial charge in [0.25, 0.3) is 5.91 Å². The second-order valence-electron chi connectivity index (χ2n) is 6.19. The first-order valence-corrected chi connectivity index (χ1v) is 8.28. The van der Waals surface area contributed by atoms with Gasteiger partial charge < -0.3 is 10.6 Å². The molecule has 3 aliphatic rings. The Balaban J connectivity index is 0.00000121. The first-order valence-electron chi connectivity index (χ1n) is 7.46. The monoisotopic (exact) mass is 312 g/mol. The summed E-state index contributed by atoms with van der Waals surface area (Å²) in [5.74, 6) is 0.158. The largest absolute Gasteiger partial charge is 0.348 e. The van der Waals surface area contributed by atoms with Crippen molar-refractivity contribution in [1.82, 2.24) is 10.6 Å². The molecule has 2 unspecified atom stereocenters. The zero-order valence-electron chi connectivity index (χ0n) is 11.5. The van der Waals surface area contributed by atoms with Gasteiger partial charge in [-0.05, 0) is 56.6 Å². The number of piperidine rings is 1. The predicted molar refractivity (Wildman–Crippen MR) is 84.0 cm³/mol. The molecular formula is C15H21ClN2OS. The molecule has 20 heavy (non-hydrogen) atoms. The quantitative estimate of drug-likeness (QED) is 0.881. The van der Waals surface area contributed by atoms with Gasteiger partial charge in [-0.3, -0.25) is 4.79 Å². The van der Waals surface area contributed by atoms with Crippen LogP contribution in [0.1, 0.15) is 52.2 Å². The summed E-state index contributed by atoms with van der Waals surface area (Å²) < 4.78 is 0. The molecule has 3 nitrogen and oxygen atoms in total. The van der Waals surface area contributed by atoms with E-state index in [1.165, 1.54) is 36.1 Å². The molecule has 2 saturated heterocycles. The van der Waals surface area contributed by atoms with Crippen LogP contribution in [0.5, 0.6) is 0 Å². The third kappa shape index (κ3) is 2.61. The van der Waals surface area contributed by atoms with Gasteiger partial charge in [0.2, 0.25) is 0 Å². The Bertz CT molecular complexity index is 482. The topological polar surface area (TPSA) is 41.1 Å². The molecule has 1 aromatic heterocycles. The van der Waals surface area contributed by atoms with Gasteiger partial charge in [-0.2, -0.15) is 0 Å². The van der Waals surface area contributed by atoms with Crippen LogP contribution in [-0.4, -0.2) is 24.0 Å². The highest BCUT2D eigenvalue weighted by Crippen LogP contribution is 2.31. The van der Waals surface area contributed by atoms with Crippen LogP contribution in [0.2, 0.25) is 0 Å².